The van der Waals surface area contributed by atoms with Crippen molar-refractivity contribution in [3.8, 4) is 0 Å². The van der Waals surface area contributed by atoms with Crippen molar-refractivity contribution in [1.29, 1.82) is 0 Å². The summed E-state index contributed by atoms with van der Waals surface area (Å²) in [7, 11) is 0. The lowest BCUT2D eigenvalue weighted by Gasteiger charge is -2.14. The number of carboxylic acids is 1. The quantitative estimate of drug-likeness (QED) is 0.536. The van der Waals surface area contributed by atoms with Crippen LogP contribution in [0.15, 0.2) is 0 Å². The van der Waals surface area contributed by atoms with Crippen LogP contribution in [0.1, 0.15) is 19.8 Å². The standard InChI is InChI=1S/C8H13NO4/c1-4(10)9-6-2-5(8(12)13)3-7(6)11/h5-7,11H,2-3H2,1H3,(H,9,10)(H,12,13)/t5-,6+,7-/m0/s1. The maximum absolute atomic E-state index is 10.7. The van der Waals surface area contributed by atoms with E-state index in [1.165, 1.54) is 6.92 Å². The van der Waals surface area contributed by atoms with Crippen LogP contribution in [0.5, 0.6) is 0 Å². The van der Waals surface area contributed by atoms with Gasteiger partial charge in [0.2, 0.25) is 5.91 Å². The van der Waals surface area contributed by atoms with E-state index in [0.717, 1.165) is 0 Å². The van der Waals surface area contributed by atoms with Gasteiger partial charge in [-0.3, -0.25) is 9.59 Å². The van der Waals surface area contributed by atoms with Gasteiger partial charge in [0.25, 0.3) is 0 Å². The van der Waals surface area contributed by atoms with E-state index in [0.29, 0.717) is 6.42 Å². The van der Waals surface area contributed by atoms with Crippen molar-refractivity contribution in [1.82, 2.24) is 5.32 Å². The first-order chi connectivity index (χ1) is 6.00. The molecule has 0 aromatic heterocycles. The minimum absolute atomic E-state index is 0.223. The van der Waals surface area contributed by atoms with Crippen molar-refractivity contribution in [3.63, 3.8) is 0 Å². The number of hydrogen-bond acceptors (Lipinski definition) is 3. The first kappa shape index (κ1) is 9.98. The number of aliphatic carboxylic acids is 1. The van der Waals surface area contributed by atoms with Gasteiger partial charge in [0.1, 0.15) is 0 Å². The Hall–Kier alpha value is -1.10. The van der Waals surface area contributed by atoms with E-state index in [-0.39, 0.29) is 12.3 Å². The van der Waals surface area contributed by atoms with Crippen LogP contribution < -0.4 is 5.32 Å². The molecule has 1 aliphatic rings. The lowest BCUT2D eigenvalue weighted by atomic mass is 10.1. The van der Waals surface area contributed by atoms with Gasteiger partial charge in [0.15, 0.2) is 0 Å². The van der Waals surface area contributed by atoms with Crippen molar-refractivity contribution in [3.05, 3.63) is 0 Å². The molecule has 74 valence electrons. The Morgan fingerprint density at radius 2 is 2.00 bits per heavy atom. The molecular weight excluding hydrogens is 174 g/mol. The number of hydrogen-bond donors (Lipinski definition) is 3. The van der Waals surface area contributed by atoms with Crippen LogP contribution in [0.4, 0.5) is 0 Å². The van der Waals surface area contributed by atoms with Crippen molar-refractivity contribution in [2.75, 3.05) is 0 Å². The molecule has 3 atom stereocenters. The van der Waals surface area contributed by atoms with E-state index in [1.54, 1.807) is 0 Å². The number of nitrogens with one attached hydrogen (secondary N) is 1. The van der Waals surface area contributed by atoms with Crippen molar-refractivity contribution < 1.29 is 19.8 Å². The van der Waals surface area contributed by atoms with E-state index in [2.05, 4.69) is 5.32 Å². The molecule has 0 aromatic carbocycles. The zero-order chi connectivity index (χ0) is 10.0. The van der Waals surface area contributed by atoms with Crippen LogP contribution in [0.25, 0.3) is 0 Å². The summed E-state index contributed by atoms with van der Waals surface area (Å²) in [6.45, 7) is 1.35. The Bertz CT molecular complexity index is 228. The zero-order valence-electron chi connectivity index (χ0n) is 7.36. The fraction of sp³-hybridized carbons (Fsp3) is 0.750. The Kier molecular flexibility index (Phi) is 2.87. The lowest BCUT2D eigenvalue weighted by molar-refractivity contribution is -0.141. The van der Waals surface area contributed by atoms with E-state index in [1.807, 2.05) is 0 Å². The fourth-order valence-corrected chi connectivity index (χ4v) is 1.63. The number of aliphatic hydroxyl groups is 1. The Balaban J connectivity index is 2.51. The van der Waals surface area contributed by atoms with Crippen LogP contribution in [0.2, 0.25) is 0 Å². The third kappa shape index (κ3) is 2.42. The first-order valence-electron chi connectivity index (χ1n) is 4.18. The molecule has 1 aliphatic carbocycles. The zero-order valence-corrected chi connectivity index (χ0v) is 7.36. The predicted molar refractivity (Wildman–Crippen MR) is 44.0 cm³/mol. The van der Waals surface area contributed by atoms with Gasteiger partial charge in [-0.25, -0.2) is 0 Å². The first-order valence-corrected chi connectivity index (χ1v) is 4.18. The third-order valence-corrected chi connectivity index (χ3v) is 2.27. The highest BCUT2D eigenvalue weighted by Gasteiger charge is 2.37. The summed E-state index contributed by atoms with van der Waals surface area (Å²) in [5.74, 6) is -1.69. The SMILES string of the molecule is CC(=O)N[C@@H]1C[C@H](C(=O)O)C[C@@H]1O. The summed E-state index contributed by atoms with van der Waals surface area (Å²) in [4.78, 5) is 21.2. The van der Waals surface area contributed by atoms with E-state index >= 15 is 0 Å². The Morgan fingerprint density at radius 1 is 1.38 bits per heavy atom. The maximum Gasteiger partial charge on any atom is 0.306 e. The van der Waals surface area contributed by atoms with Gasteiger partial charge in [-0.05, 0) is 12.8 Å². The second-order valence-corrected chi connectivity index (χ2v) is 3.38. The van der Waals surface area contributed by atoms with E-state index in [4.69, 9.17) is 5.11 Å². The topological polar surface area (TPSA) is 86.6 Å². The molecule has 1 saturated carbocycles. The Morgan fingerprint density at radius 3 is 2.38 bits per heavy atom. The molecule has 5 heteroatoms. The Labute approximate surface area is 75.7 Å². The average molecular weight is 187 g/mol. The molecule has 1 amide bonds. The van der Waals surface area contributed by atoms with Crippen LogP contribution in [0, 0.1) is 5.92 Å². The number of carbonyl (C=O) groups excluding carboxylic acids is 1. The van der Waals surface area contributed by atoms with Crippen LogP contribution in [0.3, 0.4) is 0 Å². The van der Waals surface area contributed by atoms with Crippen LogP contribution in [-0.2, 0) is 9.59 Å². The van der Waals surface area contributed by atoms with Gasteiger partial charge in [-0.15, -0.1) is 0 Å². The largest absolute Gasteiger partial charge is 0.481 e. The number of rotatable bonds is 2. The third-order valence-electron chi connectivity index (χ3n) is 2.27. The van der Waals surface area contributed by atoms with E-state index < -0.39 is 24.0 Å². The molecule has 0 bridgehead atoms. The summed E-state index contributed by atoms with van der Waals surface area (Å²) in [6.07, 6.45) is -0.193. The van der Waals surface area contributed by atoms with Gasteiger partial charge < -0.3 is 15.5 Å². The highest BCUT2D eigenvalue weighted by molar-refractivity contribution is 5.74. The smallest absolute Gasteiger partial charge is 0.306 e. The normalized spacial score (nSPS) is 32.9. The van der Waals surface area contributed by atoms with Crippen LogP contribution >= 0.6 is 0 Å². The second kappa shape index (κ2) is 3.74. The van der Waals surface area contributed by atoms with Gasteiger partial charge in [-0.2, -0.15) is 0 Å². The number of carboxylic acid groups (broad SMARTS) is 1. The molecule has 0 saturated heterocycles. The molecule has 3 N–H and O–H groups in total. The van der Waals surface area contributed by atoms with Gasteiger partial charge in [0.05, 0.1) is 18.1 Å². The highest BCUT2D eigenvalue weighted by atomic mass is 16.4. The molecule has 1 fully saturated rings. The highest BCUT2D eigenvalue weighted by Crippen LogP contribution is 2.26. The fourth-order valence-electron chi connectivity index (χ4n) is 1.63. The number of carbonyl (C=O) groups is 2. The minimum Gasteiger partial charge on any atom is -0.481 e. The summed E-state index contributed by atoms with van der Waals surface area (Å²) in [6, 6.07) is -0.404. The van der Waals surface area contributed by atoms with E-state index in [9.17, 15) is 14.7 Å². The molecular formula is C8H13NO4. The molecule has 1 rings (SSSR count). The minimum atomic E-state index is -0.910. The summed E-state index contributed by atoms with van der Waals surface area (Å²) >= 11 is 0. The second-order valence-electron chi connectivity index (χ2n) is 3.38. The van der Waals surface area contributed by atoms with Crippen molar-refractivity contribution >= 4 is 11.9 Å². The molecule has 0 heterocycles. The monoisotopic (exact) mass is 187 g/mol. The lowest BCUT2D eigenvalue weighted by Crippen LogP contribution is -2.38. The van der Waals surface area contributed by atoms with Gasteiger partial charge in [0, 0.05) is 6.92 Å². The van der Waals surface area contributed by atoms with Gasteiger partial charge in [-0.1, -0.05) is 0 Å². The maximum atomic E-state index is 10.7. The molecule has 5 nitrogen and oxygen atoms in total. The summed E-state index contributed by atoms with van der Waals surface area (Å²) < 4.78 is 0. The molecule has 0 aliphatic heterocycles. The summed E-state index contributed by atoms with van der Waals surface area (Å²) in [5, 5.41) is 20.6. The molecule has 0 spiro atoms. The number of aliphatic hydroxyl groups excluding tert-OH is 1. The number of amides is 1. The average Bonchev–Trinajstić information content (AvgIpc) is 2.31. The molecule has 0 aromatic rings. The van der Waals surface area contributed by atoms with Crippen molar-refractivity contribution in [2.45, 2.75) is 31.9 Å². The van der Waals surface area contributed by atoms with Gasteiger partial charge >= 0.3 is 5.97 Å². The molecule has 0 radical (unpaired) electrons. The summed E-state index contributed by atoms with van der Waals surface area (Å²) in [5.41, 5.74) is 0. The van der Waals surface area contributed by atoms with Crippen molar-refractivity contribution in [2.24, 2.45) is 5.92 Å². The molecule has 13 heavy (non-hydrogen) atoms. The predicted octanol–water partition coefficient (Wildman–Crippen LogP) is -0.653. The molecule has 0 unspecified atom stereocenters. The van der Waals surface area contributed by atoms with Crippen LogP contribution in [-0.4, -0.2) is 34.2 Å².